The molecule has 0 aromatic heterocycles. The van der Waals surface area contributed by atoms with Crippen LogP contribution in [-0.4, -0.2) is 7.05 Å². The van der Waals surface area contributed by atoms with Gasteiger partial charge in [-0.15, -0.1) is 0 Å². The zero-order valence-corrected chi connectivity index (χ0v) is 11.4. The Morgan fingerprint density at radius 2 is 1.95 bits per heavy atom. The van der Waals surface area contributed by atoms with Crippen LogP contribution in [0.4, 0.5) is 4.39 Å². The summed E-state index contributed by atoms with van der Waals surface area (Å²) in [5, 5.41) is 3.57. The van der Waals surface area contributed by atoms with Gasteiger partial charge in [-0.2, -0.15) is 0 Å². The van der Waals surface area contributed by atoms with Crippen LogP contribution in [-0.2, 0) is 13.2 Å². The standard InChI is InChI=1S/C15H15ClFNO/c1-18-9-11-4-2-3-5-15(11)19-10-12-8-13(16)6-7-14(12)17/h2-8,18H,9-10H2,1H3. The van der Waals surface area contributed by atoms with Crippen molar-refractivity contribution in [1.29, 1.82) is 0 Å². The Balaban J connectivity index is 2.12. The number of rotatable bonds is 5. The summed E-state index contributed by atoms with van der Waals surface area (Å²) in [4.78, 5) is 0. The molecule has 0 bridgehead atoms. The number of nitrogens with one attached hydrogen (secondary N) is 1. The molecule has 0 spiro atoms. The molecule has 2 aromatic carbocycles. The predicted octanol–water partition coefficient (Wildman–Crippen LogP) is 3.78. The van der Waals surface area contributed by atoms with Gasteiger partial charge in [0.2, 0.25) is 0 Å². The van der Waals surface area contributed by atoms with E-state index in [1.165, 1.54) is 12.1 Å². The number of halogens is 2. The van der Waals surface area contributed by atoms with Gasteiger partial charge in [0.15, 0.2) is 0 Å². The third-order valence-electron chi connectivity index (χ3n) is 2.73. The highest BCUT2D eigenvalue weighted by Crippen LogP contribution is 2.21. The number of ether oxygens (including phenoxy) is 1. The zero-order valence-electron chi connectivity index (χ0n) is 10.6. The number of benzene rings is 2. The van der Waals surface area contributed by atoms with Crippen LogP contribution in [0, 0.1) is 5.82 Å². The van der Waals surface area contributed by atoms with Gasteiger partial charge < -0.3 is 10.1 Å². The first-order valence-electron chi connectivity index (χ1n) is 6.00. The molecule has 0 aliphatic rings. The largest absolute Gasteiger partial charge is 0.488 e. The topological polar surface area (TPSA) is 21.3 Å². The van der Waals surface area contributed by atoms with Gasteiger partial charge in [0, 0.05) is 22.7 Å². The van der Waals surface area contributed by atoms with Crippen molar-refractivity contribution in [3.8, 4) is 5.75 Å². The minimum atomic E-state index is -0.310. The van der Waals surface area contributed by atoms with Crippen LogP contribution in [0.5, 0.6) is 5.75 Å². The normalized spacial score (nSPS) is 10.5. The Hall–Kier alpha value is -1.58. The van der Waals surface area contributed by atoms with Crippen LogP contribution in [0.2, 0.25) is 5.02 Å². The second-order valence-electron chi connectivity index (χ2n) is 4.16. The molecule has 4 heteroatoms. The van der Waals surface area contributed by atoms with Crippen molar-refractivity contribution in [3.63, 3.8) is 0 Å². The quantitative estimate of drug-likeness (QED) is 0.899. The lowest BCUT2D eigenvalue weighted by atomic mass is 10.2. The van der Waals surface area contributed by atoms with Crippen molar-refractivity contribution in [2.75, 3.05) is 7.05 Å². The minimum absolute atomic E-state index is 0.160. The van der Waals surface area contributed by atoms with Crippen molar-refractivity contribution in [1.82, 2.24) is 5.32 Å². The third-order valence-corrected chi connectivity index (χ3v) is 2.97. The molecule has 100 valence electrons. The average molecular weight is 280 g/mol. The van der Waals surface area contributed by atoms with Crippen molar-refractivity contribution in [2.45, 2.75) is 13.2 Å². The molecule has 1 N–H and O–H groups in total. The fraction of sp³-hybridized carbons (Fsp3) is 0.200. The molecule has 2 rings (SSSR count). The first kappa shape index (κ1) is 13.8. The van der Waals surface area contributed by atoms with Crippen LogP contribution in [0.15, 0.2) is 42.5 Å². The highest BCUT2D eigenvalue weighted by Gasteiger charge is 2.06. The van der Waals surface area contributed by atoms with Gasteiger partial charge in [-0.25, -0.2) is 4.39 Å². The van der Waals surface area contributed by atoms with E-state index in [0.717, 1.165) is 11.3 Å². The Kier molecular flexibility index (Phi) is 4.77. The van der Waals surface area contributed by atoms with E-state index in [1.54, 1.807) is 6.07 Å². The lowest BCUT2D eigenvalue weighted by Gasteiger charge is -2.11. The first-order valence-corrected chi connectivity index (χ1v) is 6.37. The molecular formula is C15H15ClFNO. The molecule has 0 amide bonds. The van der Waals surface area contributed by atoms with Gasteiger partial charge in [0.1, 0.15) is 18.2 Å². The van der Waals surface area contributed by atoms with Gasteiger partial charge in [-0.3, -0.25) is 0 Å². The first-order chi connectivity index (χ1) is 9.20. The SMILES string of the molecule is CNCc1ccccc1OCc1cc(Cl)ccc1F. The second kappa shape index (κ2) is 6.55. The highest BCUT2D eigenvalue weighted by atomic mass is 35.5. The van der Waals surface area contributed by atoms with E-state index in [1.807, 2.05) is 31.3 Å². The third kappa shape index (κ3) is 3.69. The summed E-state index contributed by atoms with van der Waals surface area (Å²) in [7, 11) is 1.87. The van der Waals surface area contributed by atoms with E-state index in [9.17, 15) is 4.39 Å². The monoisotopic (exact) mass is 279 g/mol. The van der Waals surface area contributed by atoms with Crippen LogP contribution < -0.4 is 10.1 Å². The van der Waals surface area contributed by atoms with Crippen molar-refractivity contribution < 1.29 is 9.13 Å². The van der Waals surface area contributed by atoms with E-state index < -0.39 is 0 Å². The maximum atomic E-state index is 13.6. The van der Waals surface area contributed by atoms with Gasteiger partial charge in [-0.05, 0) is 31.3 Å². The van der Waals surface area contributed by atoms with Crippen molar-refractivity contribution in [3.05, 3.63) is 64.4 Å². The summed E-state index contributed by atoms with van der Waals surface area (Å²) in [5.74, 6) is 0.437. The molecule has 0 atom stereocenters. The average Bonchev–Trinajstić information content (AvgIpc) is 2.42. The van der Waals surface area contributed by atoms with E-state index in [2.05, 4.69) is 5.32 Å². The van der Waals surface area contributed by atoms with E-state index in [0.29, 0.717) is 17.1 Å². The Morgan fingerprint density at radius 3 is 2.74 bits per heavy atom. The van der Waals surface area contributed by atoms with Crippen LogP contribution in [0.1, 0.15) is 11.1 Å². The fourth-order valence-electron chi connectivity index (χ4n) is 1.79. The van der Waals surface area contributed by atoms with Gasteiger partial charge >= 0.3 is 0 Å². The molecule has 0 aliphatic carbocycles. The molecule has 0 fully saturated rings. The zero-order chi connectivity index (χ0) is 13.7. The summed E-state index contributed by atoms with van der Waals surface area (Å²) in [6.07, 6.45) is 0. The Morgan fingerprint density at radius 1 is 1.16 bits per heavy atom. The molecule has 0 radical (unpaired) electrons. The van der Waals surface area contributed by atoms with E-state index in [4.69, 9.17) is 16.3 Å². The summed E-state index contributed by atoms with van der Waals surface area (Å²) in [6, 6.07) is 12.1. The Labute approximate surface area is 117 Å². The summed E-state index contributed by atoms with van der Waals surface area (Å²) in [5.41, 5.74) is 1.49. The second-order valence-corrected chi connectivity index (χ2v) is 4.60. The number of hydrogen-bond acceptors (Lipinski definition) is 2. The molecule has 19 heavy (non-hydrogen) atoms. The van der Waals surface area contributed by atoms with E-state index in [-0.39, 0.29) is 12.4 Å². The summed E-state index contributed by atoms with van der Waals surface area (Å²) < 4.78 is 19.2. The van der Waals surface area contributed by atoms with Crippen molar-refractivity contribution >= 4 is 11.6 Å². The maximum absolute atomic E-state index is 13.6. The lowest BCUT2D eigenvalue weighted by molar-refractivity contribution is 0.296. The predicted molar refractivity (Wildman–Crippen MR) is 74.9 cm³/mol. The molecule has 0 aliphatic heterocycles. The van der Waals surface area contributed by atoms with Gasteiger partial charge in [-0.1, -0.05) is 29.8 Å². The summed E-state index contributed by atoms with van der Waals surface area (Å²) >= 11 is 5.85. The molecular weight excluding hydrogens is 265 g/mol. The smallest absolute Gasteiger partial charge is 0.129 e. The summed E-state index contributed by atoms with van der Waals surface area (Å²) in [6.45, 7) is 0.862. The van der Waals surface area contributed by atoms with Crippen LogP contribution >= 0.6 is 11.6 Å². The highest BCUT2D eigenvalue weighted by molar-refractivity contribution is 6.30. The van der Waals surface area contributed by atoms with Crippen molar-refractivity contribution in [2.24, 2.45) is 0 Å². The lowest BCUT2D eigenvalue weighted by Crippen LogP contribution is -2.07. The number of para-hydroxylation sites is 1. The molecule has 0 heterocycles. The number of hydrogen-bond donors (Lipinski definition) is 1. The molecule has 0 saturated carbocycles. The van der Waals surface area contributed by atoms with Gasteiger partial charge in [0.05, 0.1) is 0 Å². The van der Waals surface area contributed by atoms with E-state index >= 15 is 0 Å². The molecule has 0 unspecified atom stereocenters. The Bertz CT molecular complexity index is 560. The minimum Gasteiger partial charge on any atom is -0.488 e. The molecule has 2 nitrogen and oxygen atoms in total. The van der Waals surface area contributed by atoms with Gasteiger partial charge in [0.25, 0.3) is 0 Å². The van der Waals surface area contributed by atoms with Crippen LogP contribution in [0.3, 0.4) is 0 Å². The molecule has 0 saturated heterocycles. The molecule has 2 aromatic rings. The van der Waals surface area contributed by atoms with Crippen LogP contribution in [0.25, 0.3) is 0 Å². The fourth-order valence-corrected chi connectivity index (χ4v) is 1.99. The maximum Gasteiger partial charge on any atom is 0.129 e.